The van der Waals surface area contributed by atoms with Gasteiger partial charge in [-0.15, -0.1) is 0 Å². The lowest BCUT2D eigenvalue weighted by Crippen LogP contribution is -2.71. The fourth-order valence-electron chi connectivity index (χ4n) is 14.3. The van der Waals surface area contributed by atoms with Gasteiger partial charge in [0.2, 0.25) is 23.6 Å². The van der Waals surface area contributed by atoms with Gasteiger partial charge in [-0.1, -0.05) is 0 Å². The summed E-state index contributed by atoms with van der Waals surface area (Å²) in [5.41, 5.74) is 0. The first-order valence-corrected chi connectivity index (χ1v) is 35.5. The van der Waals surface area contributed by atoms with Crippen LogP contribution >= 0.6 is 0 Å². The molecule has 9 saturated heterocycles. The highest BCUT2D eigenvalue weighted by Crippen LogP contribution is 2.40. The number of aliphatic hydroxyl groups is 24. The van der Waals surface area contributed by atoms with Gasteiger partial charge in [-0.3, -0.25) is 19.2 Å². The summed E-state index contributed by atoms with van der Waals surface area (Å²) in [5, 5.41) is 276. The quantitative estimate of drug-likeness (QED) is 0.0346. The standard InChI is InChI=1S/C62H104N4O45/c1-14-31(77)41(87)45(91)58(97-14)95-13-26-50(38(84)27(54(94)98-26)63-15(2)73)106-56-29(65-17(4)75)39(85)49(24(11-72)103-56)108-60-47(93)51(109-62-53(44(90)35(81)22(9-70)102-62)111-55-28(64-16(3)74)37(83)32(78)19(6-67)99-55)36(82)25(105-60)12-96-61-52(43(89)34(80)21(8-69)101-61)110-57-30(66-18(5)76)40(86)48(23(10-71)104-57)107-59-46(92)42(88)33(79)20(7-68)100-59/h14,19-62,67-72,77-94H,6-13H2,1-5H3,(H,63,73)(H,64,74)(H,65,75)(H,66,76)/t14-,19+,20+,21+,22+,23+,24+,25+,26+,27+,28+,29+,30+,31+,32+,33-,34+,35+,36+,37+,38+,39+,40+,41+,42-,43-,44-,45-,46+,47-,48+,49+,50+,51-,52-,53-,54+,55-,56-,57-,58-,59+,60-,61-,62+/m0/s1. The second-order valence-corrected chi connectivity index (χ2v) is 28.2. The molecular weight excluding hydrogens is 1520 g/mol. The van der Waals surface area contributed by atoms with Gasteiger partial charge in [0.15, 0.2) is 56.6 Å². The molecule has 0 aromatic carbocycles. The van der Waals surface area contributed by atoms with Crippen LogP contribution in [0.3, 0.4) is 0 Å². The number of hydrogen-bond donors (Lipinski definition) is 28. The fourth-order valence-corrected chi connectivity index (χ4v) is 14.3. The number of carbonyl (C=O) groups excluding carboxylic acids is 4. The van der Waals surface area contributed by atoms with Crippen molar-refractivity contribution in [3.63, 3.8) is 0 Å². The number of amides is 4. The maximum absolute atomic E-state index is 13.2. The van der Waals surface area contributed by atoms with Crippen molar-refractivity contribution >= 4 is 23.6 Å². The molecule has 0 aromatic rings. The van der Waals surface area contributed by atoms with Crippen LogP contribution in [0.2, 0.25) is 0 Å². The molecule has 0 radical (unpaired) electrons. The van der Waals surface area contributed by atoms with Gasteiger partial charge in [0.25, 0.3) is 0 Å². The molecule has 4 amide bonds. The Balaban J connectivity index is 1.05. The van der Waals surface area contributed by atoms with Crippen LogP contribution in [0.25, 0.3) is 0 Å². The second-order valence-electron chi connectivity index (χ2n) is 28.2. The van der Waals surface area contributed by atoms with Gasteiger partial charge >= 0.3 is 0 Å². The molecule has 642 valence electrons. The number of rotatable bonds is 28. The molecular formula is C62H104N4O45. The van der Waals surface area contributed by atoms with Crippen molar-refractivity contribution in [2.45, 2.75) is 311 Å². The van der Waals surface area contributed by atoms with Crippen LogP contribution in [0.15, 0.2) is 0 Å². The Bertz CT molecular complexity index is 2950. The van der Waals surface area contributed by atoms with Crippen LogP contribution in [0.1, 0.15) is 34.6 Å². The third-order valence-electron chi connectivity index (χ3n) is 20.3. The molecule has 49 heteroatoms. The Morgan fingerprint density at radius 2 is 0.559 bits per heavy atom. The summed E-state index contributed by atoms with van der Waals surface area (Å²) in [7, 11) is 0. The molecule has 9 rings (SSSR count). The minimum atomic E-state index is -2.55. The Kier molecular flexibility index (Phi) is 32.6. The number of carbonyl (C=O) groups is 4. The lowest BCUT2D eigenvalue weighted by molar-refractivity contribution is -0.396. The highest BCUT2D eigenvalue weighted by atomic mass is 16.8. The first kappa shape index (κ1) is 91.1. The number of aliphatic hydroxyl groups excluding tert-OH is 24. The Labute approximate surface area is 629 Å². The van der Waals surface area contributed by atoms with Crippen molar-refractivity contribution in [1.82, 2.24) is 21.3 Å². The predicted molar refractivity (Wildman–Crippen MR) is 342 cm³/mol. The van der Waals surface area contributed by atoms with Crippen molar-refractivity contribution in [3.8, 4) is 0 Å². The summed E-state index contributed by atoms with van der Waals surface area (Å²) in [6.45, 7) is -3.36. The highest BCUT2D eigenvalue weighted by molar-refractivity contribution is 5.74. The van der Waals surface area contributed by atoms with Gasteiger partial charge in [-0.2, -0.15) is 0 Å². The molecule has 111 heavy (non-hydrogen) atoms. The number of ether oxygens (including phenoxy) is 17. The van der Waals surface area contributed by atoms with Crippen LogP contribution < -0.4 is 21.3 Å². The van der Waals surface area contributed by atoms with Crippen molar-refractivity contribution < 1.29 is 222 Å². The van der Waals surface area contributed by atoms with E-state index in [1.54, 1.807) is 0 Å². The molecule has 0 spiro atoms. The summed E-state index contributed by atoms with van der Waals surface area (Å²) in [5.74, 6) is -3.59. The first-order valence-electron chi connectivity index (χ1n) is 35.5. The van der Waals surface area contributed by atoms with E-state index in [0.29, 0.717) is 0 Å². The maximum Gasteiger partial charge on any atom is 0.217 e. The van der Waals surface area contributed by atoms with Crippen molar-refractivity contribution in [3.05, 3.63) is 0 Å². The largest absolute Gasteiger partial charge is 0.394 e. The Morgan fingerprint density at radius 1 is 0.252 bits per heavy atom. The molecule has 9 heterocycles. The molecule has 0 bridgehead atoms. The van der Waals surface area contributed by atoms with Crippen LogP contribution in [-0.2, 0) is 99.7 Å². The van der Waals surface area contributed by atoms with Crippen LogP contribution in [0.5, 0.6) is 0 Å². The van der Waals surface area contributed by atoms with Gasteiger partial charge in [0.05, 0.1) is 59.0 Å². The first-order chi connectivity index (χ1) is 52.4. The molecule has 0 aliphatic carbocycles. The zero-order chi connectivity index (χ0) is 81.8. The summed E-state index contributed by atoms with van der Waals surface area (Å²) in [6, 6.07) is -7.39. The lowest BCUT2D eigenvalue weighted by atomic mass is 9.93. The van der Waals surface area contributed by atoms with Gasteiger partial charge in [-0.05, 0) is 6.92 Å². The third kappa shape index (κ3) is 20.3. The highest BCUT2D eigenvalue weighted by Gasteiger charge is 2.61. The topological polar surface area (TPSA) is 759 Å². The predicted octanol–water partition coefficient (Wildman–Crippen LogP) is -19.0. The monoisotopic (exact) mass is 1620 g/mol. The van der Waals surface area contributed by atoms with Gasteiger partial charge in [-0.25, -0.2) is 0 Å². The number of nitrogens with one attached hydrogen (secondary N) is 4. The van der Waals surface area contributed by atoms with Crippen LogP contribution in [0, 0.1) is 0 Å². The molecule has 0 saturated carbocycles. The van der Waals surface area contributed by atoms with E-state index in [9.17, 15) is 142 Å². The lowest BCUT2D eigenvalue weighted by Gasteiger charge is -2.51. The minimum Gasteiger partial charge on any atom is -0.394 e. The molecule has 49 nitrogen and oxygen atoms in total. The molecule has 45 atom stereocenters. The van der Waals surface area contributed by atoms with E-state index in [1.807, 2.05) is 0 Å². The molecule has 0 aromatic heterocycles. The van der Waals surface area contributed by atoms with Crippen molar-refractivity contribution in [2.75, 3.05) is 52.9 Å². The Morgan fingerprint density at radius 3 is 1.03 bits per heavy atom. The SMILES string of the molecule is CC(=O)N[C@@H]1[C@@H](O)[C@H](O[C@@H]2O[C@H](CO)[C@@H](O[C@@H]3O[C@H](CO[C@H]4O[C@H](CO)[C@@H](O)[C@H](O)[C@@H]4O[C@@H]4O[C@H](CO)[C@@H](O[C@H]5O[C@H](CO)[C@H](O)[C@H](O)[C@H]5O)[C@H](O)[C@H]4NC(C)=O)[C@@H](O)[C@H](O[C@H]4O[C@H](CO)[C@@H](O)[C@H](O)[C@@H]4O[C@@H]4O[C@H](CO)[C@@H](O)[C@H](O)[C@H]4NC(C)=O)[C@@H]3O)[C@H](O)[C@H]2NC(C)=O)[C@@H](CO[C@H]2O[C@@H](C)[C@@H](O)[C@@H](O)[C@@H]2O)O[C@H]1O. The fraction of sp³-hybridized carbons (Fsp3) is 0.935. The molecule has 9 fully saturated rings. The van der Waals surface area contributed by atoms with Gasteiger partial charge < -0.3 is 224 Å². The minimum absolute atomic E-state index is 0.827. The third-order valence-corrected chi connectivity index (χ3v) is 20.3. The molecule has 9 aliphatic heterocycles. The molecule has 28 N–H and O–H groups in total. The van der Waals surface area contributed by atoms with Gasteiger partial charge in [0, 0.05) is 27.7 Å². The summed E-state index contributed by atoms with van der Waals surface area (Å²) in [6.07, 6.45) is -83.2. The Hall–Kier alpha value is -3.76. The van der Waals surface area contributed by atoms with Crippen molar-refractivity contribution in [2.24, 2.45) is 0 Å². The molecule has 9 aliphatic rings. The van der Waals surface area contributed by atoms with E-state index < -0.39 is 353 Å². The average Bonchev–Trinajstić information content (AvgIpc) is 0.774. The zero-order valence-corrected chi connectivity index (χ0v) is 59.9. The molecule has 0 unspecified atom stereocenters. The van der Waals surface area contributed by atoms with Crippen molar-refractivity contribution in [1.29, 1.82) is 0 Å². The van der Waals surface area contributed by atoms with E-state index >= 15 is 0 Å². The van der Waals surface area contributed by atoms with E-state index in [1.165, 1.54) is 6.92 Å². The van der Waals surface area contributed by atoms with Crippen LogP contribution in [0.4, 0.5) is 0 Å². The summed E-state index contributed by atoms with van der Waals surface area (Å²) < 4.78 is 101. The normalized spacial score (nSPS) is 49.3. The van der Waals surface area contributed by atoms with E-state index in [0.717, 1.165) is 27.7 Å². The van der Waals surface area contributed by atoms with E-state index in [2.05, 4.69) is 21.3 Å². The number of hydrogen-bond acceptors (Lipinski definition) is 45. The van der Waals surface area contributed by atoms with E-state index in [4.69, 9.17) is 80.5 Å². The van der Waals surface area contributed by atoms with Crippen LogP contribution in [-0.4, -0.2) is 475 Å². The summed E-state index contributed by atoms with van der Waals surface area (Å²) in [4.78, 5) is 50.9. The zero-order valence-electron chi connectivity index (χ0n) is 59.9. The summed E-state index contributed by atoms with van der Waals surface area (Å²) >= 11 is 0. The van der Waals surface area contributed by atoms with E-state index in [-0.39, 0.29) is 0 Å². The second kappa shape index (κ2) is 39.7. The maximum atomic E-state index is 13.2. The average molecular weight is 1630 g/mol. The van der Waals surface area contributed by atoms with Gasteiger partial charge in [0.1, 0.15) is 213 Å². The smallest absolute Gasteiger partial charge is 0.217 e.